The summed E-state index contributed by atoms with van der Waals surface area (Å²) in [5, 5.41) is 10.0. The van der Waals surface area contributed by atoms with E-state index in [9.17, 15) is 23.3 Å². The highest BCUT2D eigenvalue weighted by atomic mass is 35.5. The second kappa shape index (κ2) is 10.9. The number of likely N-dealkylation sites (N-methyl/N-ethyl adjacent to an activating group) is 1. The number of amides is 3. The van der Waals surface area contributed by atoms with E-state index in [1.54, 1.807) is 58.1 Å². The van der Waals surface area contributed by atoms with Crippen LogP contribution in [0.2, 0.25) is 10.0 Å². The Morgan fingerprint density at radius 3 is 2.32 bits per heavy atom. The molecule has 2 aliphatic heterocycles. The molecule has 3 amide bonds. The van der Waals surface area contributed by atoms with E-state index in [1.165, 1.54) is 4.31 Å². The highest BCUT2D eigenvalue weighted by Gasteiger charge is 2.42. The van der Waals surface area contributed by atoms with Crippen molar-refractivity contribution in [2.75, 3.05) is 52.6 Å². The van der Waals surface area contributed by atoms with E-state index in [2.05, 4.69) is 6.07 Å². The Hall–Kier alpha value is -2.84. The van der Waals surface area contributed by atoms with E-state index in [0.29, 0.717) is 40.8 Å². The van der Waals surface area contributed by atoms with Crippen LogP contribution in [0.25, 0.3) is 0 Å². The smallest absolute Gasteiger partial charge is 0.320 e. The number of likely N-dealkylation sites (tertiary alicyclic amines) is 1. The Balaban J connectivity index is 1.58. The van der Waals surface area contributed by atoms with Crippen molar-refractivity contribution in [1.82, 2.24) is 19.0 Å². The summed E-state index contributed by atoms with van der Waals surface area (Å²) in [5.74, 6) is -0.493. The van der Waals surface area contributed by atoms with Crippen molar-refractivity contribution in [3.8, 4) is 6.07 Å². The standard InChI is InChI=1S/C25H27Cl2N5O4S/c1-29(24(33)19-5-3-4-17(12-19)14-28)23-16-31(15-20(23)18-6-7-21(26)22(27)13-18)25(34)30-8-10-32(11-9-30)37(2,35)36/h3-7,12-13,20,23H,8-11,15-16H2,1-2H3/t20-,23+/m0/s1. The van der Waals surface area contributed by atoms with Crippen molar-refractivity contribution in [2.45, 2.75) is 12.0 Å². The first kappa shape index (κ1) is 27.2. The fourth-order valence-corrected chi connectivity index (χ4v) is 6.03. The van der Waals surface area contributed by atoms with Gasteiger partial charge in [-0.05, 0) is 35.9 Å². The molecule has 12 heteroatoms. The monoisotopic (exact) mass is 563 g/mol. The number of halogens is 2. The molecule has 9 nitrogen and oxygen atoms in total. The Bertz CT molecular complexity index is 1360. The van der Waals surface area contributed by atoms with Crippen LogP contribution >= 0.6 is 23.2 Å². The number of piperazine rings is 1. The molecule has 2 atom stereocenters. The van der Waals surface area contributed by atoms with Crippen LogP contribution in [0.5, 0.6) is 0 Å². The summed E-state index contributed by atoms with van der Waals surface area (Å²) < 4.78 is 25.1. The second-order valence-corrected chi connectivity index (χ2v) is 12.1. The van der Waals surface area contributed by atoms with Crippen molar-refractivity contribution in [3.05, 3.63) is 69.2 Å². The van der Waals surface area contributed by atoms with Gasteiger partial charge in [0.15, 0.2) is 0 Å². The Kier molecular flexibility index (Phi) is 7.99. The lowest BCUT2D eigenvalue weighted by molar-refractivity contribution is 0.0723. The summed E-state index contributed by atoms with van der Waals surface area (Å²) in [6.07, 6.45) is 1.16. The van der Waals surface area contributed by atoms with Gasteiger partial charge in [0.05, 0.1) is 34.0 Å². The summed E-state index contributed by atoms with van der Waals surface area (Å²) in [5.41, 5.74) is 1.62. The first-order valence-electron chi connectivity index (χ1n) is 11.7. The first-order valence-corrected chi connectivity index (χ1v) is 14.3. The third-order valence-electron chi connectivity index (χ3n) is 6.97. The molecule has 0 N–H and O–H groups in total. The maximum atomic E-state index is 13.4. The molecule has 0 unspecified atom stereocenters. The van der Waals surface area contributed by atoms with Crippen molar-refractivity contribution in [1.29, 1.82) is 5.26 Å². The zero-order valence-electron chi connectivity index (χ0n) is 20.5. The average Bonchev–Trinajstić information content (AvgIpc) is 3.34. The van der Waals surface area contributed by atoms with E-state index in [-0.39, 0.29) is 43.5 Å². The van der Waals surface area contributed by atoms with Gasteiger partial charge in [-0.1, -0.05) is 35.3 Å². The number of nitriles is 1. The van der Waals surface area contributed by atoms with Crippen LogP contribution in [-0.2, 0) is 10.0 Å². The molecular weight excluding hydrogens is 537 g/mol. The summed E-state index contributed by atoms with van der Waals surface area (Å²) in [4.78, 5) is 31.8. The number of carbonyl (C=O) groups is 2. The van der Waals surface area contributed by atoms with Gasteiger partial charge < -0.3 is 14.7 Å². The van der Waals surface area contributed by atoms with Crippen molar-refractivity contribution in [2.24, 2.45) is 0 Å². The highest BCUT2D eigenvalue weighted by molar-refractivity contribution is 7.88. The average molecular weight is 564 g/mol. The van der Waals surface area contributed by atoms with E-state index in [1.807, 2.05) is 6.07 Å². The van der Waals surface area contributed by atoms with Crippen LogP contribution in [0.4, 0.5) is 4.79 Å². The highest BCUT2D eigenvalue weighted by Crippen LogP contribution is 2.35. The predicted molar refractivity (Wildman–Crippen MR) is 141 cm³/mol. The van der Waals surface area contributed by atoms with Gasteiger partial charge >= 0.3 is 6.03 Å². The summed E-state index contributed by atoms with van der Waals surface area (Å²) >= 11 is 12.4. The molecule has 2 aliphatic rings. The molecule has 0 aromatic heterocycles. The first-order chi connectivity index (χ1) is 17.5. The molecule has 0 spiro atoms. The van der Waals surface area contributed by atoms with Crippen molar-refractivity contribution in [3.63, 3.8) is 0 Å². The summed E-state index contributed by atoms with van der Waals surface area (Å²) in [6.45, 7) is 1.71. The zero-order valence-corrected chi connectivity index (χ0v) is 22.8. The van der Waals surface area contributed by atoms with Gasteiger partial charge in [-0.25, -0.2) is 13.2 Å². The number of hydrogen-bond donors (Lipinski definition) is 0. The second-order valence-electron chi connectivity index (χ2n) is 9.29. The van der Waals surface area contributed by atoms with E-state index >= 15 is 0 Å². The van der Waals surface area contributed by atoms with Crippen LogP contribution in [0, 0.1) is 11.3 Å². The number of sulfonamides is 1. The summed E-state index contributed by atoms with van der Waals surface area (Å²) in [7, 11) is -1.62. The molecule has 4 rings (SSSR count). The number of nitrogens with zero attached hydrogens (tertiary/aromatic N) is 5. The molecule has 2 fully saturated rings. The molecule has 2 heterocycles. The molecule has 2 saturated heterocycles. The Labute approximate surface area is 226 Å². The Morgan fingerprint density at radius 2 is 1.70 bits per heavy atom. The Morgan fingerprint density at radius 1 is 1.00 bits per heavy atom. The minimum absolute atomic E-state index is 0.201. The van der Waals surface area contributed by atoms with Gasteiger partial charge in [-0.15, -0.1) is 0 Å². The van der Waals surface area contributed by atoms with Gasteiger partial charge in [0.25, 0.3) is 5.91 Å². The van der Waals surface area contributed by atoms with Gasteiger partial charge in [0.2, 0.25) is 10.0 Å². The van der Waals surface area contributed by atoms with Crippen LogP contribution in [0.15, 0.2) is 42.5 Å². The number of urea groups is 1. The van der Waals surface area contributed by atoms with Crippen molar-refractivity contribution < 1.29 is 18.0 Å². The summed E-state index contributed by atoms with van der Waals surface area (Å²) in [6, 6.07) is 13.3. The van der Waals surface area contributed by atoms with Gasteiger partial charge in [-0.2, -0.15) is 9.57 Å². The largest absolute Gasteiger partial charge is 0.336 e. The van der Waals surface area contributed by atoms with Gasteiger partial charge in [0, 0.05) is 57.8 Å². The number of hydrogen-bond acceptors (Lipinski definition) is 5. The van der Waals surface area contributed by atoms with Gasteiger partial charge in [-0.3, -0.25) is 4.79 Å². The van der Waals surface area contributed by atoms with E-state index in [0.717, 1.165) is 11.8 Å². The fraction of sp³-hybridized carbons (Fsp3) is 0.400. The maximum absolute atomic E-state index is 13.4. The van der Waals surface area contributed by atoms with Crippen LogP contribution < -0.4 is 0 Å². The lowest BCUT2D eigenvalue weighted by Gasteiger charge is -2.35. The number of benzene rings is 2. The van der Waals surface area contributed by atoms with E-state index in [4.69, 9.17) is 23.2 Å². The van der Waals surface area contributed by atoms with Crippen LogP contribution in [0.3, 0.4) is 0 Å². The molecule has 0 saturated carbocycles. The minimum atomic E-state index is -3.31. The third kappa shape index (κ3) is 5.85. The van der Waals surface area contributed by atoms with Crippen molar-refractivity contribution >= 4 is 45.2 Å². The molecule has 0 aliphatic carbocycles. The van der Waals surface area contributed by atoms with Gasteiger partial charge in [0.1, 0.15) is 0 Å². The lowest BCUT2D eigenvalue weighted by Crippen LogP contribution is -2.53. The molecule has 2 aromatic carbocycles. The molecule has 0 radical (unpaired) electrons. The lowest BCUT2D eigenvalue weighted by atomic mass is 9.93. The van der Waals surface area contributed by atoms with Crippen LogP contribution in [0.1, 0.15) is 27.4 Å². The topological polar surface area (TPSA) is 105 Å². The quantitative estimate of drug-likeness (QED) is 0.568. The third-order valence-corrected chi connectivity index (χ3v) is 9.01. The van der Waals surface area contributed by atoms with Crippen LogP contribution in [-0.4, -0.2) is 98.0 Å². The maximum Gasteiger partial charge on any atom is 0.320 e. The predicted octanol–water partition coefficient (Wildman–Crippen LogP) is 3.10. The SMILES string of the molecule is CN(C(=O)c1cccc(C#N)c1)[C@@H]1CN(C(=O)N2CCN(S(C)(=O)=O)CC2)C[C@H]1c1ccc(Cl)c(Cl)c1. The normalized spacial score (nSPS) is 20.5. The molecule has 196 valence electrons. The van der Waals surface area contributed by atoms with E-state index < -0.39 is 10.0 Å². The molecular formula is C25H27Cl2N5O4S. The molecule has 0 bridgehead atoms. The fourth-order valence-electron chi connectivity index (χ4n) is 4.89. The zero-order chi connectivity index (χ0) is 26.9. The number of rotatable bonds is 4. The molecule has 2 aromatic rings. The minimum Gasteiger partial charge on any atom is -0.336 e. The number of carbonyl (C=O) groups excluding carboxylic acids is 2. The molecule has 37 heavy (non-hydrogen) atoms.